The van der Waals surface area contributed by atoms with Gasteiger partial charge in [-0.1, -0.05) is 13.0 Å². The SMILES string of the molecule is CCCn1c(C(=O)N2CCC(S(=O)(=O)c3ccc(OC)cc3)CC2)cc2c(=O)n3ccccc3nc21. The van der Waals surface area contributed by atoms with Crippen molar-refractivity contribution in [2.45, 2.75) is 42.9 Å². The third kappa shape index (κ3) is 4.05. The molecule has 0 bridgehead atoms. The lowest BCUT2D eigenvalue weighted by molar-refractivity contribution is 0.0715. The molecule has 36 heavy (non-hydrogen) atoms. The van der Waals surface area contributed by atoms with Crippen molar-refractivity contribution >= 4 is 32.4 Å². The van der Waals surface area contributed by atoms with Crippen LogP contribution in [0.1, 0.15) is 36.7 Å². The number of rotatable bonds is 6. The summed E-state index contributed by atoms with van der Waals surface area (Å²) in [5.74, 6) is 0.383. The maximum Gasteiger partial charge on any atom is 0.270 e. The highest BCUT2D eigenvalue weighted by Gasteiger charge is 2.34. The van der Waals surface area contributed by atoms with E-state index in [9.17, 15) is 18.0 Å². The molecule has 1 saturated heterocycles. The standard InChI is InChI=1S/C26H28N4O5S/c1-3-13-29-22(17-21-24(29)27-23-6-4-5-14-30(23)25(21)31)26(32)28-15-11-20(12-16-28)36(33,34)19-9-7-18(35-2)8-10-19/h4-10,14,17,20H,3,11-13,15-16H2,1-2H3. The van der Waals surface area contributed by atoms with Gasteiger partial charge in [0.25, 0.3) is 11.5 Å². The van der Waals surface area contributed by atoms with Crippen LogP contribution in [0, 0.1) is 0 Å². The minimum Gasteiger partial charge on any atom is -0.497 e. The first-order chi connectivity index (χ1) is 17.3. The van der Waals surface area contributed by atoms with Crippen LogP contribution in [-0.4, -0.2) is 58.6 Å². The molecule has 10 heteroatoms. The second-order valence-corrected chi connectivity index (χ2v) is 11.2. The Morgan fingerprint density at radius 3 is 2.50 bits per heavy atom. The van der Waals surface area contributed by atoms with Crippen LogP contribution < -0.4 is 10.3 Å². The van der Waals surface area contributed by atoms with E-state index in [1.54, 1.807) is 53.6 Å². The predicted molar refractivity (Wildman–Crippen MR) is 136 cm³/mol. The maximum atomic E-state index is 13.6. The van der Waals surface area contributed by atoms with Crippen LogP contribution in [0.15, 0.2) is 64.4 Å². The van der Waals surface area contributed by atoms with E-state index in [0.717, 1.165) is 6.42 Å². The molecular weight excluding hydrogens is 480 g/mol. The van der Waals surface area contributed by atoms with Crippen LogP contribution in [-0.2, 0) is 16.4 Å². The second kappa shape index (κ2) is 9.42. The number of methoxy groups -OCH3 is 1. The molecule has 1 amide bonds. The fraction of sp³-hybridized carbons (Fsp3) is 0.346. The van der Waals surface area contributed by atoms with Crippen molar-refractivity contribution in [2.24, 2.45) is 0 Å². The third-order valence-electron chi connectivity index (χ3n) is 6.80. The number of likely N-dealkylation sites (tertiary alicyclic amines) is 1. The van der Waals surface area contributed by atoms with Gasteiger partial charge >= 0.3 is 0 Å². The number of pyridine rings is 1. The van der Waals surface area contributed by atoms with E-state index in [0.29, 0.717) is 60.6 Å². The Labute approximate surface area is 208 Å². The number of amides is 1. The Kier molecular flexibility index (Phi) is 6.29. The molecule has 4 heterocycles. The molecule has 1 fully saturated rings. The van der Waals surface area contributed by atoms with Crippen molar-refractivity contribution in [1.82, 2.24) is 18.9 Å². The van der Waals surface area contributed by atoms with Gasteiger partial charge in [0.1, 0.15) is 22.7 Å². The first kappa shape index (κ1) is 24.1. The monoisotopic (exact) mass is 508 g/mol. The number of ether oxygens (including phenoxy) is 1. The number of hydrogen-bond donors (Lipinski definition) is 0. The molecule has 0 N–H and O–H groups in total. The molecule has 188 valence electrons. The number of piperidine rings is 1. The number of aromatic nitrogens is 3. The predicted octanol–water partition coefficient (Wildman–Crippen LogP) is 3.15. The van der Waals surface area contributed by atoms with Crippen molar-refractivity contribution in [2.75, 3.05) is 20.2 Å². The lowest BCUT2D eigenvalue weighted by atomic mass is 10.1. The normalized spacial score (nSPS) is 15.0. The zero-order valence-corrected chi connectivity index (χ0v) is 21.1. The molecule has 3 aromatic heterocycles. The Morgan fingerprint density at radius 2 is 1.83 bits per heavy atom. The number of fused-ring (bicyclic) bond motifs is 2. The summed E-state index contributed by atoms with van der Waals surface area (Å²) in [7, 11) is -1.99. The number of sulfone groups is 1. The maximum absolute atomic E-state index is 13.6. The van der Waals surface area contributed by atoms with E-state index >= 15 is 0 Å². The van der Waals surface area contributed by atoms with Crippen molar-refractivity contribution in [1.29, 1.82) is 0 Å². The molecule has 1 aliphatic rings. The summed E-state index contributed by atoms with van der Waals surface area (Å²) in [5.41, 5.74) is 1.20. The summed E-state index contributed by atoms with van der Waals surface area (Å²) in [6, 6.07) is 13.4. The zero-order valence-electron chi connectivity index (χ0n) is 20.3. The Bertz CT molecular complexity index is 1600. The molecule has 0 atom stereocenters. The first-order valence-electron chi connectivity index (χ1n) is 12.0. The molecule has 5 rings (SSSR count). The molecular formula is C26H28N4O5S. The number of carbonyl (C=O) groups is 1. The highest BCUT2D eigenvalue weighted by atomic mass is 32.2. The van der Waals surface area contributed by atoms with Gasteiger partial charge in [-0.05, 0) is 61.7 Å². The van der Waals surface area contributed by atoms with E-state index in [-0.39, 0.29) is 16.4 Å². The molecule has 0 saturated carbocycles. The highest BCUT2D eigenvalue weighted by Crippen LogP contribution is 2.27. The van der Waals surface area contributed by atoms with Crippen molar-refractivity contribution in [3.63, 3.8) is 0 Å². The lowest BCUT2D eigenvalue weighted by Crippen LogP contribution is -2.43. The van der Waals surface area contributed by atoms with Crippen LogP contribution in [0.25, 0.3) is 16.7 Å². The van der Waals surface area contributed by atoms with Gasteiger partial charge in [0.05, 0.1) is 22.6 Å². The van der Waals surface area contributed by atoms with Crippen molar-refractivity contribution < 1.29 is 17.9 Å². The average Bonchev–Trinajstić information content (AvgIpc) is 3.27. The van der Waals surface area contributed by atoms with E-state index in [1.807, 2.05) is 17.6 Å². The van der Waals surface area contributed by atoms with Crippen molar-refractivity contribution in [3.8, 4) is 5.75 Å². The van der Waals surface area contributed by atoms with Gasteiger partial charge in [-0.2, -0.15) is 0 Å². The van der Waals surface area contributed by atoms with Gasteiger partial charge in [0.15, 0.2) is 9.84 Å². The minimum atomic E-state index is -3.52. The number of nitrogens with zero attached hydrogens (tertiary/aromatic N) is 4. The molecule has 0 unspecified atom stereocenters. The second-order valence-electron chi connectivity index (χ2n) is 8.98. The summed E-state index contributed by atoms with van der Waals surface area (Å²) >= 11 is 0. The quantitative estimate of drug-likeness (QED) is 0.396. The summed E-state index contributed by atoms with van der Waals surface area (Å²) in [6.07, 6.45) is 3.12. The highest BCUT2D eigenvalue weighted by molar-refractivity contribution is 7.92. The minimum absolute atomic E-state index is 0.213. The summed E-state index contributed by atoms with van der Waals surface area (Å²) in [5, 5.41) is -0.166. The average molecular weight is 509 g/mol. The van der Waals surface area contributed by atoms with E-state index in [1.165, 1.54) is 11.5 Å². The lowest BCUT2D eigenvalue weighted by Gasteiger charge is -2.32. The molecule has 0 aliphatic carbocycles. The fourth-order valence-corrected chi connectivity index (χ4v) is 6.60. The molecule has 4 aromatic rings. The zero-order chi connectivity index (χ0) is 25.4. The molecule has 1 aliphatic heterocycles. The van der Waals surface area contributed by atoms with Crippen LogP contribution >= 0.6 is 0 Å². The van der Waals surface area contributed by atoms with Gasteiger partial charge in [-0.3, -0.25) is 14.0 Å². The van der Waals surface area contributed by atoms with Gasteiger partial charge in [0, 0.05) is 25.8 Å². The number of carbonyl (C=O) groups excluding carboxylic acids is 1. The first-order valence-corrected chi connectivity index (χ1v) is 13.6. The molecule has 0 radical (unpaired) electrons. The molecule has 0 spiro atoms. The smallest absolute Gasteiger partial charge is 0.270 e. The number of benzene rings is 1. The summed E-state index contributed by atoms with van der Waals surface area (Å²) in [6.45, 7) is 3.19. The number of hydrogen-bond acceptors (Lipinski definition) is 6. The Balaban J connectivity index is 1.41. The van der Waals surface area contributed by atoms with Crippen molar-refractivity contribution in [3.05, 3.63) is 70.8 Å². The van der Waals surface area contributed by atoms with Crippen LogP contribution in [0.2, 0.25) is 0 Å². The van der Waals surface area contributed by atoms with E-state index < -0.39 is 15.1 Å². The molecule has 9 nitrogen and oxygen atoms in total. The summed E-state index contributed by atoms with van der Waals surface area (Å²) in [4.78, 5) is 33.3. The van der Waals surface area contributed by atoms with Gasteiger partial charge in [-0.15, -0.1) is 0 Å². The van der Waals surface area contributed by atoms with Gasteiger partial charge < -0.3 is 14.2 Å². The summed E-state index contributed by atoms with van der Waals surface area (Å²) < 4.78 is 34.7. The Hall–Kier alpha value is -3.66. The largest absolute Gasteiger partial charge is 0.497 e. The fourth-order valence-electron chi connectivity index (χ4n) is 4.87. The van der Waals surface area contributed by atoms with Gasteiger partial charge in [0.2, 0.25) is 0 Å². The topological polar surface area (TPSA) is 103 Å². The third-order valence-corrected chi connectivity index (χ3v) is 9.08. The van der Waals surface area contributed by atoms with E-state index in [2.05, 4.69) is 4.98 Å². The Morgan fingerprint density at radius 1 is 1.11 bits per heavy atom. The van der Waals surface area contributed by atoms with E-state index in [4.69, 9.17) is 4.74 Å². The van der Waals surface area contributed by atoms with Crippen LogP contribution in [0.4, 0.5) is 0 Å². The van der Waals surface area contributed by atoms with Gasteiger partial charge in [-0.25, -0.2) is 13.4 Å². The van der Waals surface area contributed by atoms with Crippen LogP contribution in [0.5, 0.6) is 5.75 Å². The number of aryl methyl sites for hydroxylation is 1. The van der Waals surface area contributed by atoms with Crippen LogP contribution in [0.3, 0.4) is 0 Å². The molecule has 1 aromatic carbocycles.